The van der Waals surface area contributed by atoms with Gasteiger partial charge in [-0.2, -0.15) is 5.01 Å². The van der Waals surface area contributed by atoms with Gasteiger partial charge in [-0.25, -0.2) is 4.39 Å². The fourth-order valence-corrected chi connectivity index (χ4v) is 5.25. The van der Waals surface area contributed by atoms with Gasteiger partial charge >= 0.3 is 0 Å². The highest BCUT2D eigenvalue weighted by Gasteiger charge is 2.34. The molecule has 4 aromatic rings. The fourth-order valence-electron chi connectivity index (χ4n) is 4.09. The molecule has 174 valence electrons. The van der Waals surface area contributed by atoms with Crippen LogP contribution in [0.2, 0.25) is 0 Å². The first-order valence-corrected chi connectivity index (χ1v) is 12.1. The molecule has 1 N–H and O–H groups in total. The zero-order valence-electron chi connectivity index (χ0n) is 18.7. The monoisotopic (exact) mass is 501 g/mol. The Balaban J connectivity index is 1.49. The number of nitrogens with zero attached hydrogens (tertiary/aromatic N) is 2. The first-order valence-electron chi connectivity index (χ1n) is 10.9. The minimum Gasteiger partial charge on any atom is -0.340 e. The van der Waals surface area contributed by atoms with Gasteiger partial charge in [0.2, 0.25) is 0 Å². The summed E-state index contributed by atoms with van der Waals surface area (Å²) in [6, 6.07) is 23.2. The van der Waals surface area contributed by atoms with Crippen molar-refractivity contribution in [3.05, 3.63) is 112 Å². The summed E-state index contributed by atoms with van der Waals surface area (Å²) in [5, 5.41) is 2.05. The van der Waals surface area contributed by atoms with Gasteiger partial charge in [0.25, 0.3) is 11.8 Å². The number of hydrogen-bond donors (Lipinski definition) is 1. The summed E-state index contributed by atoms with van der Waals surface area (Å²) in [5.74, 6) is -1.07. The molecule has 0 spiro atoms. The smallest absolute Gasteiger partial charge is 0.285 e. The lowest BCUT2D eigenvalue weighted by Crippen LogP contribution is -2.44. The van der Waals surface area contributed by atoms with Crippen molar-refractivity contribution in [2.45, 2.75) is 13.5 Å². The summed E-state index contributed by atoms with van der Waals surface area (Å²) < 4.78 is 16.7. The van der Waals surface area contributed by atoms with E-state index in [1.165, 1.54) is 6.07 Å². The molecule has 1 aromatic heterocycles. The molecule has 0 bridgehead atoms. The summed E-state index contributed by atoms with van der Waals surface area (Å²) in [6.07, 6.45) is 1.80. The van der Waals surface area contributed by atoms with E-state index >= 15 is 0 Å². The quantitative estimate of drug-likeness (QED) is 0.282. The van der Waals surface area contributed by atoms with Crippen molar-refractivity contribution in [1.82, 2.24) is 15.0 Å². The molecule has 3 aromatic carbocycles. The number of nitrogens with one attached hydrogen (secondary N) is 1. The molecule has 35 heavy (non-hydrogen) atoms. The number of halogens is 1. The molecule has 0 saturated carbocycles. The highest BCUT2D eigenvalue weighted by atomic mass is 32.2. The topological polar surface area (TPSA) is 54.3 Å². The van der Waals surface area contributed by atoms with Crippen LogP contribution >= 0.6 is 24.0 Å². The number of hydrogen-bond acceptors (Lipinski definition) is 4. The molecular formula is C27H20FN3O2S2. The number of thioether (sulfide) groups is 1. The molecule has 1 saturated heterocycles. The van der Waals surface area contributed by atoms with Gasteiger partial charge in [-0.1, -0.05) is 66.4 Å². The Hall–Kier alpha value is -3.75. The van der Waals surface area contributed by atoms with Gasteiger partial charge in [-0.05, 0) is 49.5 Å². The van der Waals surface area contributed by atoms with E-state index in [1.54, 1.807) is 42.5 Å². The third-order valence-corrected chi connectivity index (χ3v) is 7.19. The number of benzene rings is 3. The zero-order chi connectivity index (χ0) is 24.5. The minimum absolute atomic E-state index is 0.248. The number of hydrazine groups is 1. The van der Waals surface area contributed by atoms with Crippen molar-refractivity contribution < 1.29 is 14.0 Å². The van der Waals surface area contributed by atoms with Crippen molar-refractivity contribution in [2.75, 3.05) is 0 Å². The van der Waals surface area contributed by atoms with Crippen LogP contribution in [0, 0.1) is 12.7 Å². The van der Waals surface area contributed by atoms with E-state index in [0.717, 1.165) is 38.9 Å². The first-order chi connectivity index (χ1) is 16.9. The number of carbonyl (C=O) groups excluding carboxylic acids is 2. The summed E-state index contributed by atoms with van der Waals surface area (Å²) in [4.78, 5) is 26.1. The predicted octanol–water partition coefficient (Wildman–Crippen LogP) is 5.68. The molecule has 1 aliphatic rings. The van der Waals surface area contributed by atoms with E-state index in [-0.39, 0.29) is 10.1 Å². The Labute approximate surface area is 211 Å². The Bertz CT molecular complexity index is 1510. The van der Waals surface area contributed by atoms with Gasteiger partial charge in [0.1, 0.15) is 5.82 Å². The largest absolute Gasteiger partial charge is 0.340 e. The fraction of sp³-hybridized carbons (Fsp3) is 0.0741. The maximum absolute atomic E-state index is 14.4. The van der Waals surface area contributed by atoms with Crippen LogP contribution in [-0.4, -0.2) is 25.7 Å². The third kappa shape index (κ3) is 4.38. The number of amides is 2. The summed E-state index contributed by atoms with van der Waals surface area (Å²) in [6.45, 7) is 2.31. The lowest BCUT2D eigenvalue weighted by atomic mass is 10.1. The van der Waals surface area contributed by atoms with Crippen LogP contribution in [0.4, 0.5) is 4.39 Å². The number of para-hydroxylation sites is 1. The van der Waals surface area contributed by atoms with Gasteiger partial charge in [0.05, 0.1) is 11.4 Å². The second kappa shape index (κ2) is 9.48. The number of rotatable bonds is 5. The average Bonchev–Trinajstić information content (AvgIpc) is 3.29. The van der Waals surface area contributed by atoms with Crippen LogP contribution in [0.15, 0.2) is 83.8 Å². The lowest BCUT2D eigenvalue weighted by molar-refractivity contribution is -0.123. The third-order valence-electron chi connectivity index (χ3n) is 5.88. The molecule has 1 fully saturated rings. The van der Waals surface area contributed by atoms with Gasteiger partial charge in [0.15, 0.2) is 4.32 Å². The van der Waals surface area contributed by atoms with Crippen molar-refractivity contribution in [3.63, 3.8) is 0 Å². The number of thiocarbonyl (C=S) groups is 1. The molecule has 5 rings (SSSR count). The van der Waals surface area contributed by atoms with Crippen molar-refractivity contribution in [2.24, 2.45) is 0 Å². The lowest BCUT2D eigenvalue weighted by Gasteiger charge is -2.15. The van der Waals surface area contributed by atoms with E-state index in [0.29, 0.717) is 22.6 Å². The molecule has 5 nitrogen and oxygen atoms in total. The maximum Gasteiger partial charge on any atom is 0.285 e. The summed E-state index contributed by atoms with van der Waals surface area (Å²) in [5.41, 5.74) is 6.30. The minimum atomic E-state index is -0.416. The van der Waals surface area contributed by atoms with E-state index in [4.69, 9.17) is 12.2 Å². The second-order valence-corrected chi connectivity index (χ2v) is 9.69. The highest BCUT2D eigenvalue weighted by molar-refractivity contribution is 8.26. The standard InChI is InChI=1S/C27H20FN3O2S2/c1-17-21(20-12-6-8-14-23(20)30(17)16-19-11-5-7-13-22(19)28)15-24-26(33)31(27(34)35-24)29-25(32)18-9-3-2-4-10-18/h2-15H,16H2,1H3,(H,29,32)/b24-15-. The number of carbonyl (C=O) groups is 2. The van der Waals surface area contributed by atoms with Crippen LogP contribution in [0.1, 0.15) is 27.2 Å². The molecule has 0 radical (unpaired) electrons. The molecule has 1 aliphatic heterocycles. The molecule has 8 heteroatoms. The molecule has 0 unspecified atom stereocenters. The average molecular weight is 502 g/mol. The van der Waals surface area contributed by atoms with Crippen molar-refractivity contribution in [3.8, 4) is 0 Å². The van der Waals surface area contributed by atoms with Crippen LogP contribution in [0.3, 0.4) is 0 Å². The molecule has 0 atom stereocenters. The van der Waals surface area contributed by atoms with Gasteiger partial charge < -0.3 is 4.57 Å². The Morgan fingerprint density at radius 2 is 1.71 bits per heavy atom. The Kier molecular flexibility index (Phi) is 6.23. The number of aromatic nitrogens is 1. The van der Waals surface area contributed by atoms with E-state index in [1.807, 2.05) is 47.9 Å². The van der Waals surface area contributed by atoms with Crippen molar-refractivity contribution >= 4 is 57.1 Å². The summed E-state index contributed by atoms with van der Waals surface area (Å²) in [7, 11) is 0. The van der Waals surface area contributed by atoms with Crippen LogP contribution < -0.4 is 5.43 Å². The zero-order valence-corrected chi connectivity index (χ0v) is 20.3. The van der Waals surface area contributed by atoms with E-state index in [2.05, 4.69) is 5.43 Å². The van der Waals surface area contributed by atoms with Crippen molar-refractivity contribution in [1.29, 1.82) is 0 Å². The van der Waals surface area contributed by atoms with Gasteiger partial charge in [0, 0.05) is 33.3 Å². The molecular weight excluding hydrogens is 481 g/mol. The SMILES string of the molecule is Cc1c(/C=C2\SC(=S)N(NC(=O)c3ccccc3)C2=O)c2ccccc2n1Cc1ccccc1F. The molecule has 2 amide bonds. The predicted molar refractivity (Wildman–Crippen MR) is 141 cm³/mol. The molecule has 2 heterocycles. The first kappa shape index (κ1) is 23.0. The van der Waals surface area contributed by atoms with E-state index in [9.17, 15) is 14.0 Å². The summed E-state index contributed by atoms with van der Waals surface area (Å²) >= 11 is 6.51. The van der Waals surface area contributed by atoms with Gasteiger partial charge in [-0.3, -0.25) is 15.0 Å². The van der Waals surface area contributed by atoms with Crippen LogP contribution in [0.5, 0.6) is 0 Å². The van der Waals surface area contributed by atoms with Crippen LogP contribution in [-0.2, 0) is 11.3 Å². The normalized spacial score (nSPS) is 14.8. The van der Waals surface area contributed by atoms with Gasteiger partial charge in [-0.15, -0.1) is 0 Å². The van der Waals surface area contributed by atoms with E-state index < -0.39 is 11.8 Å². The second-order valence-electron chi connectivity index (χ2n) is 8.02. The molecule has 0 aliphatic carbocycles. The highest BCUT2D eigenvalue weighted by Crippen LogP contribution is 2.35. The Morgan fingerprint density at radius 3 is 2.49 bits per heavy atom. The maximum atomic E-state index is 14.4. The van der Waals surface area contributed by atoms with Crippen LogP contribution in [0.25, 0.3) is 17.0 Å². The Morgan fingerprint density at radius 1 is 1.03 bits per heavy atom. The number of fused-ring (bicyclic) bond motifs is 1.